The number of hydrogen-bond acceptors (Lipinski definition) is 6. The summed E-state index contributed by atoms with van der Waals surface area (Å²) in [5.74, 6) is 1.42. The molecule has 1 aliphatic heterocycles. The van der Waals surface area contributed by atoms with Crippen molar-refractivity contribution in [3.63, 3.8) is 0 Å². The molecule has 0 radical (unpaired) electrons. The second-order valence-corrected chi connectivity index (χ2v) is 9.18. The summed E-state index contributed by atoms with van der Waals surface area (Å²) in [4.78, 5) is 27.5. The standard InChI is InChI=1S/C21H20N4O2S2/c26-17(14-5-7-15(8-6-14)24-11-1-4-19(24)27)13-29-21-23-22-20(18-3-2-12-28-18)25(21)16-9-10-16/h2-3,5-8,12,16H,1,4,9-11,13H2. The number of aromatic nitrogens is 3. The molecule has 0 unspecified atom stereocenters. The zero-order valence-corrected chi connectivity index (χ0v) is 17.4. The highest BCUT2D eigenvalue weighted by Crippen LogP contribution is 2.41. The minimum absolute atomic E-state index is 0.0531. The van der Waals surface area contributed by atoms with E-state index >= 15 is 0 Å². The van der Waals surface area contributed by atoms with E-state index in [4.69, 9.17) is 0 Å². The van der Waals surface area contributed by atoms with Gasteiger partial charge in [0, 0.05) is 30.3 Å². The lowest BCUT2D eigenvalue weighted by Gasteiger charge is -2.15. The van der Waals surface area contributed by atoms with Gasteiger partial charge in [-0.1, -0.05) is 17.8 Å². The fourth-order valence-electron chi connectivity index (χ4n) is 3.57. The number of amides is 1. The lowest BCUT2D eigenvalue weighted by atomic mass is 10.1. The predicted molar refractivity (Wildman–Crippen MR) is 115 cm³/mol. The van der Waals surface area contributed by atoms with Gasteiger partial charge in [-0.2, -0.15) is 0 Å². The third kappa shape index (κ3) is 3.74. The molecule has 6 nitrogen and oxygen atoms in total. The molecule has 1 saturated heterocycles. The molecule has 1 amide bonds. The van der Waals surface area contributed by atoms with Crippen molar-refractivity contribution in [2.75, 3.05) is 17.2 Å². The quantitative estimate of drug-likeness (QED) is 0.414. The number of anilines is 1. The third-order valence-corrected chi connectivity index (χ3v) is 7.03. The van der Waals surface area contributed by atoms with Gasteiger partial charge in [0.05, 0.1) is 10.6 Å². The van der Waals surface area contributed by atoms with E-state index in [1.54, 1.807) is 16.2 Å². The van der Waals surface area contributed by atoms with Crippen molar-refractivity contribution in [1.29, 1.82) is 0 Å². The van der Waals surface area contributed by atoms with Gasteiger partial charge in [-0.3, -0.25) is 14.2 Å². The van der Waals surface area contributed by atoms with E-state index in [-0.39, 0.29) is 11.7 Å². The molecular formula is C21H20N4O2S2. The van der Waals surface area contributed by atoms with Gasteiger partial charge < -0.3 is 4.90 Å². The summed E-state index contributed by atoms with van der Waals surface area (Å²) in [5, 5.41) is 11.6. The Bertz CT molecular complexity index is 1040. The van der Waals surface area contributed by atoms with Gasteiger partial charge in [0.15, 0.2) is 16.8 Å². The second-order valence-electron chi connectivity index (χ2n) is 7.29. The maximum Gasteiger partial charge on any atom is 0.227 e. The van der Waals surface area contributed by atoms with Crippen LogP contribution in [-0.2, 0) is 4.79 Å². The van der Waals surface area contributed by atoms with Crippen LogP contribution in [0.5, 0.6) is 0 Å². The van der Waals surface area contributed by atoms with Crippen LogP contribution in [0.15, 0.2) is 46.9 Å². The van der Waals surface area contributed by atoms with E-state index in [1.807, 2.05) is 35.7 Å². The Morgan fingerprint density at radius 3 is 2.66 bits per heavy atom. The first-order valence-corrected chi connectivity index (χ1v) is 11.6. The van der Waals surface area contributed by atoms with Crippen molar-refractivity contribution in [1.82, 2.24) is 14.8 Å². The van der Waals surface area contributed by atoms with Crippen LogP contribution in [-0.4, -0.2) is 38.8 Å². The first-order chi connectivity index (χ1) is 14.2. The highest BCUT2D eigenvalue weighted by molar-refractivity contribution is 7.99. The molecule has 1 saturated carbocycles. The van der Waals surface area contributed by atoms with Crippen molar-refractivity contribution in [2.24, 2.45) is 0 Å². The van der Waals surface area contributed by atoms with Gasteiger partial charge in [0.25, 0.3) is 0 Å². The van der Waals surface area contributed by atoms with E-state index in [9.17, 15) is 9.59 Å². The van der Waals surface area contributed by atoms with Gasteiger partial charge in [0.1, 0.15) is 0 Å². The van der Waals surface area contributed by atoms with Crippen LogP contribution >= 0.6 is 23.1 Å². The lowest BCUT2D eigenvalue weighted by molar-refractivity contribution is -0.117. The molecule has 148 valence electrons. The zero-order valence-electron chi connectivity index (χ0n) is 15.8. The van der Waals surface area contributed by atoms with Crippen LogP contribution in [0.4, 0.5) is 5.69 Å². The average molecular weight is 425 g/mol. The molecule has 8 heteroatoms. The largest absolute Gasteiger partial charge is 0.312 e. The van der Waals surface area contributed by atoms with Gasteiger partial charge in [0.2, 0.25) is 5.91 Å². The van der Waals surface area contributed by atoms with E-state index in [1.165, 1.54) is 11.8 Å². The summed E-state index contributed by atoms with van der Waals surface area (Å²) in [7, 11) is 0. The van der Waals surface area contributed by atoms with Crippen LogP contribution in [0.3, 0.4) is 0 Å². The fraction of sp³-hybridized carbons (Fsp3) is 0.333. The Kier molecular flexibility index (Phi) is 4.97. The monoisotopic (exact) mass is 424 g/mol. The van der Waals surface area contributed by atoms with Gasteiger partial charge in [-0.05, 0) is 55.0 Å². The lowest BCUT2D eigenvalue weighted by Crippen LogP contribution is -2.23. The normalized spacial score (nSPS) is 16.6. The maximum atomic E-state index is 12.7. The van der Waals surface area contributed by atoms with E-state index < -0.39 is 0 Å². The summed E-state index contributed by atoms with van der Waals surface area (Å²) < 4.78 is 2.19. The van der Waals surface area contributed by atoms with Crippen LogP contribution in [0, 0.1) is 0 Å². The Hall–Kier alpha value is -2.45. The zero-order chi connectivity index (χ0) is 19.8. The van der Waals surface area contributed by atoms with E-state index in [0.717, 1.165) is 47.4 Å². The summed E-state index contributed by atoms with van der Waals surface area (Å²) in [6.07, 6.45) is 3.76. The number of Topliss-reactive ketones (excluding diaryl/α,β-unsaturated/α-hetero) is 1. The van der Waals surface area contributed by atoms with Gasteiger partial charge in [-0.25, -0.2) is 0 Å². The highest BCUT2D eigenvalue weighted by Gasteiger charge is 2.30. The molecule has 2 aromatic heterocycles. The number of thioether (sulfide) groups is 1. The molecule has 2 aliphatic rings. The summed E-state index contributed by atoms with van der Waals surface area (Å²) in [5.41, 5.74) is 1.52. The number of benzene rings is 1. The molecule has 29 heavy (non-hydrogen) atoms. The van der Waals surface area contributed by atoms with Crippen molar-refractivity contribution in [2.45, 2.75) is 36.9 Å². The second kappa shape index (κ2) is 7.76. The molecule has 0 spiro atoms. The number of carbonyl (C=O) groups excluding carboxylic acids is 2. The number of nitrogens with zero attached hydrogens (tertiary/aromatic N) is 4. The Balaban J connectivity index is 1.28. The molecule has 5 rings (SSSR count). The number of ketones is 1. The van der Waals surface area contributed by atoms with Crippen molar-refractivity contribution in [3.05, 3.63) is 47.3 Å². The van der Waals surface area contributed by atoms with Crippen LogP contribution in [0.2, 0.25) is 0 Å². The topological polar surface area (TPSA) is 68.1 Å². The molecule has 0 bridgehead atoms. The van der Waals surface area contributed by atoms with Crippen LogP contribution in [0.1, 0.15) is 42.1 Å². The molecular weight excluding hydrogens is 404 g/mol. The highest BCUT2D eigenvalue weighted by atomic mass is 32.2. The molecule has 3 heterocycles. The molecule has 2 fully saturated rings. The number of thiophene rings is 1. The smallest absolute Gasteiger partial charge is 0.227 e. The average Bonchev–Trinajstić information content (AvgIpc) is 3.12. The Morgan fingerprint density at radius 1 is 1.17 bits per heavy atom. The van der Waals surface area contributed by atoms with Gasteiger partial charge >= 0.3 is 0 Å². The minimum Gasteiger partial charge on any atom is -0.312 e. The number of hydrogen-bond donors (Lipinski definition) is 0. The Morgan fingerprint density at radius 2 is 2.00 bits per heavy atom. The number of carbonyl (C=O) groups is 2. The first kappa shape index (κ1) is 18.6. The maximum absolute atomic E-state index is 12.7. The van der Waals surface area contributed by atoms with Crippen molar-refractivity contribution in [3.8, 4) is 10.7 Å². The molecule has 0 atom stereocenters. The molecule has 3 aromatic rings. The Labute approximate surface area is 176 Å². The summed E-state index contributed by atoms with van der Waals surface area (Å²) >= 11 is 3.10. The van der Waals surface area contributed by atoms with Crippen molar-refractivity contribution >= 4 is 40.5 Å². The number of rotatable bonds is 7. The van der Waals surface area contributed by atoms with E-state index in [2.05, 4.69) is 20.8 Å². The minimum atomic E-state index is 0.0531. The molecule has 1 aromatic carbocycles. The fourth-order valence-corrected chi connectivity index (χ4v) is 5.18. The predicted octanol–water partition coefficient (Wildman–Crippen LogP) is 4.44. The van der Waals surface area contributed by atoms with Crippen LogP contribution in [0.25, 0.3) is 10.7 Å². The van der Waals surface area contributed by atoms with Crippen LogP contribution < -0.4 is 4.90 Å². The molecule has 0 N–H and O–H groups in total. The summed E-state index contributed by atoms with van der Waals surface area (Å²) in [6.45, 7) is 0.755. The third-order valence-electron chi connectivity index (χ3n) is 5.22. The van der Waals surface area contributed by atoms with Gasteiger partial charge in [-0.15, -0.1) is 21.5 Å². The summed E-state index contributed by atoms with van der Waals surface area (Å²) in [6, 6.07) is 11.9. The first-order valence-electron chi connectivity index (χ1n) is 9.76. The SMILES string of the molecule is O=C(CSc1nnc(-c2cccs2)n1C1CC1)c1ccc(N2CCCC2=O)cc1. The van der Waals surface area contributed by atoms with E-state index in [0.29, 0.717) is 23.8 Å². The van der Waals surface area contributed by atoms with Crippen molar-refractivity contribution < 1.29 is 9.59 Å². The molecule has 1 aliphatic carbocycles.